The van der Waals surface area contributed by atoms with E-state index >= 15 is 0 Å². The first-order valence-corrected chi connectivity index (χ1v) is 5.82. The van der Waals surface area contributed by atoms with Crippen molar-refractivity contribution in [2.45, 2.75) is 43.5 Å². The number of halogens is 3. The minimum atomic E-state index is -4.48. The van der Waals surface area contributed by atoms with Crippen LogP contribution in [0.15, 0.2) is 18.5 Å². The van der Waals surface area contributed by atoms with E-state index in [1.807, 2.05) is 0 Å². The van der Waals surface area contributed by atoms with Gasteiger partial charge >= 0.3 is 6.18 Å². The third-order valence-corrected chi connectivity index (χ3v) is 3.49. The number of nitrogens with two attached hydrogens (primary N) is 1. The molecule has 0 aromatic carbocycles. The zero-order valence-corrected chi connectivity index (χ0v) is 9.74. The first-order chi connectivity index (χ1) is 8.33. The normalized spacial score (nSPS) is 29.3. The van der Waals surface area contributed by atoms with E-state index in [4.69, 9.17) is 5.73 Å². The third-order valence-electron chi connectivity index (χ3n) is 3.49. The van der Waals surface area contributed by atoms with Gasteiger partial charge in [0, 0.05) is 24.0 Å². The van der Waals surface area contributed by atoms with Crippen LogP contribution < -0.4 is 5.73 Å². The Hall–Kier alpha value is -1.14. The lowest BCUT2D eigenvalue weighted by atomic mass is 9.77. The highest BCUT2D eigenvalue weighted by atomic mass is 19.4. The predicted molar refractivity (Wildman–Crippen MR) is 59.6 cm³/mol. The second-order valence-corrected chi connectivity index (χ2v) is 4.79. The highest BCUT2D eigenvalue weighted by Gasteiger charge is 2.42. The minimum absolute atomic E-state index is 0.0451. The maximum absolute atomic E-state index is 12.9. The monoisotopic (exact) mass is 260 g/mol. The van der Waals surface area contributed by atoms with Gasteiger partial charge in [-0.05, 0) is 31.7 Å². The number of pyridine rings is 1. The fourth-order valence-electron chi connectivity index (χ4n) is 2.40. The topological polar surface area (TPSA) is 59.1 Å². The molecule has 0 bridgehead atoms. The first kappa shape index (κ1) is 13.3. The van der Waals surface area contributed by atoms with Gasteiger partial charge in [-0.1, -0.05) is 0 Å². The molecule has 3 N–H and O–H groups in total. The molecule has 1 fully saturated rings. The van der Waals surface area contributed by atoms with Crippen LogP contribution in [0.4, 0.5) is 13.2 Å². The SMILES string of the molecule is NC1CCC(O)(c2cnccc2C(F)(F)F)CC1. The summed E-state index contributed by atoms with van der Waals surface area (Å²) in [5.41, 5.74) is 3.30. The van der Waals surface area contributed by atoms with Crippen LogP contribution in [0, 0.1) is 0 Å². The molecule has 0 amide bonds. The van der Waals surface area contributed by atoms with Crippen LogP contribution in [0.3, 0.4) is 0 Å². The number of alkyl halides is 3. The van der Waals surface area contributed by atoms with Gasteiger partial charge in [-0.25, -0.2) is 0 Å². The quantitative estimate of drug-likeness (QED) is 0.813. The van der Waals surface area contributed by atoms with Gasteiger partial charge in [0.1, 0.15) is 0 Å². The lowest BCUT2D eigenvalue weighted by Gasteiger charge is -2.36. The van der Waals surface area contributed by atoms with Crippen molar-refractivity contribution in [2.24, 2.45) is 5.73 Å². The molecule has 2 rings (SSSR count). The molecule has 1 saturated carbocycles. The van der Waals surface area contributed by atoms with Crippen LogP contribution in [-0.2, 0) is 11.8 Å². The van der Waals surface area contributed by atoms with Crippen molar-refractivity contribution in [3.63, 3.8) is 0 Å². The average molecular weight is 260 g/mol. The van der Waals surface area contributed by atoms with Crippen LogP contribution >= 0.6 is 0 Å². The Morgan fingerprint density at radius 1 is 1.33 bits per heavy atom. The molecule has 0 atom stereocenters. The molecule has 6 heteroatoms. The lowest BCUT2D eigenvalue weighted by Crippen LogP contribution is -2.38. The Balaban J connectivity index is 2.39. The van der Waals surface area contributed by atoms with Gasteiger partial charge < -0.3 is 10.8 Å². The summed E-state index contributed by atoms with van der Waals surface area (Å²) in [6.07, 6.45) is -0.769. The predicted octanol–water partition coefficient (Wildman–Crippen LogP) is 2.19. The molecule has 0 radical (unpaired) electrons. The van der Waals surface area contributed by atoms with Gasteiger partial charge in [-0.3, -0.25) is 4.98 Å². The van der Waals surface area contributed by atoms with Gasteiger partial charge in [0.25, 0.3) is 0 Å². The Morgan fingerprint density at radius 2 is 1.94 bits per heavy atom. The maximum Gasteiger partial charge on any atom is 0.416 e. The number of aliphatic hydroxyl groups is 1. The number of rotatable bonds is 1. The van der Waals surface area contributed by atoms with Crippen LogP contribution in [0.2, 0.25) is 0 Å². The fraction of sp³-hybridized carbons (Fsp3) is 0.583. The molecule has 1 aromatic rings. The molecule has 100 valence electrons. The Morgan fingerprint density at radius 3 is 2.50 bits per heavy atom. The summed E-state index contributed by atoms with van der Waals surface area (Å²) in [5.74, 6) is 0. The largest absolute Gasteiger partial charge is 0.416 e. The van der Waals surface area contributed by atoms with E-state index in [-0.39, 0.29) is 24.4 Å². The lowest BCUT2D eigenvalue weighted by molar-refractivity contribution is -0.141. The highest BCUT2D eigenvalue weighted by molar-refractivity contribution is 5.32. The molecule has 1 heterocycles. The number of hydrogen-bond acceptors (Lipinski definition) is 3. The first-order valence-electron chi connectivity index (χ1n) is 5.82. The zero-order chi connectivity index (χ0) is 13.4. The molecule has 0 unspecified atom stereocenters. The highest BCUT2D eigenvalue weighted by Crippen LogP contribution is 2.42. The molecular formula is C12H15F3N2O. The number of aromatic nitrogens is 1. The summed E-state index contributed by atoms with van der Waals surface area (Å²) in [5, 5.41) is 10.4. The standard InChI is InChI=1S/C12H15F3N2O/c13-12(14,15)9-3-6-17-7-10(9)11(18)4-1-8(16)2-5-11/h3,6-8,18H,1-2,4-5,16H2. The van der Waals surface area contributed by atoms with Crippen molar-refractivity contribution >= 4 is 0 Å². The van der Waals surface area contributed by atoms with Crippen molar-refractivity contribution < 1.29 is 18.3 Å². The maximum atomic E-state index is 12.9. The minimum Gasteiger partial charge on any atom is -0.385 e. The molecule has 0 aliphatic heterocycles. The van der Waals surface area contributed by atoms with Crippen molar-refractivity contribution in [2.75, 3.05) is 0 Å². The van der Waals surface area contributed by atoms with E-state index in [0.29, 0.717) is 12.8 Å². The summed E-state index contributed by atoms with van der Waals surface area (Å²) >= 11 is 0. The van der Waals surface area contributed by atoms with E-state index in [9.17, 15) is 18.3 Å². The molecule has 3 nitrogen and oxygen atoms in total. The van der Waals surface area contributed by atoms with Gasteiger partial charge in [0.05, 0.1) is 11.2 Å². The summed E-state index contributed by atoms with van der Waals surface area (Å²) in [4.78, 5) is 3.71. The van der Waals surface area contributed by atoms with Crippen molar-refractivity contribution in [1.82, 2.24) is 4.98 Å². The van der Waals surface area contributed by atoms with Crippen molar-refractivity contribution in [1.29, 1.82) is 0 Å². The van der Waals surface area contributed by atoms with Gasteiger partial charge in [0.2, 0.25) is 0 Å². The molecular weight excluding hydrogens is 245 g/mol. The number of hydrogen-bond donors (Lipinski definition) is 2. The van der Waals surface area contributed by atoms with E-state index in [1.165, 1.54) is 0 Å². The summed E-state index contributed by atoms with van der Waals surface area (Å²) < 4.78 is 38.7. The molecule has 0 spiro atoms. The smallest absolute Gasteiger partial charge is 0.385 e. The average Bonchev–Trinajstić information content (AvgIpc) is 2.32. The second-order valence-electron chi connectivity index (χ2n) is 4.79. The molecule has 1 aliphatic rings. The van der Waals surface area contributed by atoms with E-state index in [0.717, 1.165) is 18.5 Å². The summed E-state index contributed by atoms with van der Waals surface area (Å²) in [6.45, 7) is 0. The van der Waals surface area contributed by atoms with Crippen LogP contribution in [0.5, 0.6) is 0 Å². The summed E-state index contributed by atoms with van der Waals surface area (Å²) in [6, 6.07) is 0.859. The number of nitrogens with zero attached hydrogens (tertiary/aromatic N) is 1. The van der Waals surface area contributed by atoms with Crippen molar-refractivity contribution in [3.8, 4) is 0 Å². The van der Waals surface area contributed by atoms with Gasteiger partial charge in [-0.15, -0.1) is 0 Å². The van der Waals surface area contributed by atoms with Gasteiger partial charge in [-0.2, -0.15) is 13.2 Å². The zero-order valence-electron chi connectivity index (χ0n) is 9.74. The van der Waals surface area contributed by atoms with Crippen molar-refractivity contribution in [3.05, 3.63) is 29.6 Å². The third kappa shape index (κ3) is 2.49. The molecule has 1 aromatic heterocycles. The van der Waals surface area contributed by atoms with E-state index in [1.54, 1.807) is 0 Å². The second kappa shape index (κ2) is 4.51. The Kier molecular flexibility index (Phi) is 3.33. The van der Waals surface area contributed by atoms with E-state index < -0.39 is 17.3 Å². The Labute approximate surface area is 103 Å². The van der Waals surface area contributed by atoms with Crippen LogP contribution in [-0.4, -0.2) is 16.1 Å². The molecule has 1 aliphatic carbocycles. The fourth-order valence-corrected chi connectivity index (χ4v) is 2.40. The summed E-state index contributed by atoms with van der Waals surface area (Å²) in [7, 11) is 0. The van der Waals surface area contributed by atoms with Gasteiger partial charge in [0.15, 0.2) is 0 Å². The molecule has 18 heavy (non-hydrogen) atoms. The Bertz CT molecular complexity index is 426. The molecule has 0 saturated heterocycles. The van der Waals surface area contributed by atoms with E-state index in [2.05, 4.69) is 4.98 Å². The van der Waals surface area contributed by atoms with Crippen LogP contribution in [0.1, 0.15) is 36.8 Å². The van der Waals surface area contributed by atoms with Crippen LogP contribution in [0.25, 0.3) is 0 Å².